The quantitative estimate of drug-likeness (QED) is 0.732. The van der Waals surface area contributed by atoms with Crippen molar-refractivity contribution in [3.05, 3.63) is 35.9 Å². The summed E-state index contributed by atoms with van der Waals surface area (Å²) in [6.07, 6.45) is 3.75. The van der Waals surface area contributed by atoms with Crippen molar-refractivity contribution in [1.29, 1.82) is 21.0 Å². The van der Waals surface area contributed by atoms with Crippen LogP contribution in [0.2, 0.25) is 0 Å². The Morgan fingerprint density at radius 2 is 1.18 bits per heavy atom. The first-order valence-electron chi connectivity index (χ1n) is 4.48. The molecule has 0 aliphatic heterocycles. The zero-order valence-electron chi connectivity index (χ0n) is 8.78. The third kappa shape index (κ3) is 7.05. The average molecular weight is 224 g/mol. The van der Waals surface area contributed by atoms with Crippen molar-refractivity contribution in [2.45, 2.75) is 12.1 Å². The summed E-state index contributed by atoms with van der Waals surface area (Å²) in [5.41, 5.74) is 0. The molecule has 0 atom stereocenters. The molecule has 0 aliphatic rings. The monoisotopic (exact) mass is 224 g/mol. The number of rotatable bonds is 2. The molecule has 0 radical (unpaired) electrons. The normalized spacial score (nSPS) is 7.88. The number of H-pyrrole nitrogens is 1. The fraction of sp³-hybridized carbons (Fsp3) is 0.182. The number of nitrogens with zero attached hydrogens (tertiary/aromatic N) is 5. The highest BCUT2D eigenvalue weighted by Crippen LogP contribution is 2.03. The van der Waals surface area contributed by atoms with Gasteiger partial charge in [-0.25, -0.2) is 4.98 Å². The molecule has 1 N–H and O–H groups in total. The van der Waals surface area contributed by atoms with E-state index in [1.165, 1.54) is 24.3 Å². The number of aromatic amines is 1. The molecule has 0 aromatic carbocycles. The maximum atomic E-state index is 8.18. The van der Waals surface area contributed by atoms with Crippen molar-refractivity contribution in [1.82, 2.24) is 0 Å². The third-order valence-corrected chi connectivity index (χ3v) is 1.39. The molecule has 0 saturated carbocycles. The molecular weight excluding hydrogens is 216 g/mol. The third-order valence-electron chi connectivity index (χ3n) is 1.39. The van der Waals surface area contributed by atoms with Gasteiger partial charge in [0.2, 0.25) is 0 Å². The predicted molar refractivity (Wildman–Crippen MR) is 56.4 cm³/mol. The fourth-order valence-electron chi connectivity index (χ4n) is 0.682. The van der Waals surface area contributed by atoms with Gasteiger partial charge < -0.3 is 5.32 Å². The zero-order chi connectivity index (χ0) is 12.9. The lowest BCUT2D eigenvalue weighted by atomic mass is 10.3. The first-order valence-corrected chi connectivity index (χ1v) is 4.48. The molecular formula is C11H8N6. The smallest absolute Gasteiger partial charge is 0.166 e. The van der Waals surface area contributed by atoms with Gasteiger partial charge in [-0.05, 0) is 0 Å². The van der Waals surface area contributed by atoms with Crippen molar-refractivity contribution < 1.29 is 4.98 Å². The summed E-state index contributed by atoms with van der Waals surface area (Å²) in [5.74, 6) is 0. The highest BCUT2D eigenvalue weighted by atomic mass is 14.9. The van der Waals surface area contributed by atoms with Crippen LogP contribution >= 0.6 is 0 Å². The van der Waals surface area contributed by atoms with E-state index in [0.717, 1.165) is 0 Å². The lowest BCUT2D eigenvalue weighted by Crippen LogP contribution is -2.08. The topological polar surface area (TPSA) is 123 Å². The van der Waals surface area contributed by atoms with Crippen LogP contribution in [0.15, 0.2) is 30.6 Å². The van der Waals surface area contributed by atoms with Gasteiger partial charge in [0.25, 0.3) is 0 Å². The van der Waals surface area contributed by atoms with Crippen molar-refractivity contribution in [2.24, 2.45) is 0 Å². The molecule has 0 unspecified atom stereocenters. The minimum atomic E-state index is -1.22. The highest BCUT2D eigenvalue weighted by Gasteiger charge is 1.97. The molecule has 1 aromatic rings. The largest absolute Gasteiger partial charge is 0.607 e. The van der Waals surface area contributed by atoms with Crippen molar-refractivity contribution in [3.8, 4) is 24.3 Å². The van der Waals surface area contributed by atoms with Gasteiger partial charge in [0.1, 0.15) is 0 Å². The summed E-state index contributed by atoms with van der Waals surface area (Å²) >= 11 is 0. The van der Waals surface area contributed by atoms with Crippen molar-refractivity contribution in [3.63, 3.8) is 0 Å². The van der Waals surface area contributed by atoms with E-state index < -0.39 is 12.1 Å². The van der Waals surface area contributed by atoms with Gasteiger partial charge in [0, 0.05) is 24.2 Å². The molecule has 1 aromatic heterocycles. The van der Waals surface area contributed by atoms with Gasteiger partial charge in [0.05, 0.1) is 24.3 Å². The summed E-state index contributed by atoms with van der Waals surface area (Å²) < 4.78 is 0. The van der Waals surface area contributed by atoms with Crippen LogP contribution in [0, 0.1) is 45.3 Å². The fourth-order valence-corrected chi connectivity index (χ4v) is 0.682. The number of aromatic nitrogens is 1. The van der Waals surface area contributed by atoms with Gasteiger partial charge in [-0.1, -0.05) is 6.07 Å². The van der Waals surface area contributed by atoms with Crippen molar-refractivity contribution in [2.75, 3.05) is 0 Å². The number of hydrogen-bond donors (Lipinski definition) is 0. The molecule has 0 bridgehead atoms. The molecule has 6 heteroatoms. The minimum Gasteiger partial charge on any atom is -0.607 e. The van der Waals surface area contributed by atoms with E-state index in [-0.39, 0.29) is 0 Å². The zero-order valence-corrected chi connectivity index (χ0v) is 8.78. The van der Waals surface area contributed by atoms with E-state index in [9.17, 15) is 0 Å². The Balaban J connectivity index is 0.000000354. The summed E-state index contributed by atoms with van der Waals surface area (Å²) in [6.45, 7) is 0. The Morgan fingerprint density at radius 1 is 0.765 bits per heavy atom. The van der Waals surface area contributed by atoms with Gasteiger partial charge >= 0.3 is 0 Å². The van der Waals surface area contributed by atoms with Gasteiger partial charge in [-0.2, -0.15) is 21.0 Å². The molecule has 0 aliphatic carbocycles. The molecule has 0 spiro atoms. The molecule has 0 saturated heterocycles. The first kappa shape index (κ1) is 14.1. The van der Waals surface area contributed by atoms with Crippen LogP contribution in [-0.2, 0) is 0 Å². The van der Waals surface area contributed by atoms with E-state index in [1.807, 2.05) is 30.6 Å². The average Bonchev–Trinajstić information content (AvgIpc) is 2.43. The molecule has 82 valence electrons. The highest BCUT2D eigenvalue weighted by molar-refractivity contribution is 5.30. The van der Waals surface area contributed by atoms with Crippen LogP contribution in [-0.4, -0.2) is 12.1 Å². The van der Waals surface area contributed by atoms with Crippen molar-refractivity contribution >= 4 is 0 Å². The maximum Gasteiger partial charge on any atom is 0.166 e. The second kappa shape index (κ2) is 9.62. The lowest BCUT2D eigenvalue weighted by molar-refractivity contribution is -0.377. The molecule has 17 heavy (non-hydrogen) atoms. The van der Waals surface area contributed by atoms with Crippen LogP contribution in [0.5, 0.6) is 0 Å². The standard InChI is InChI=1S/C6H2N5.C5H5N/c7-1-5(2-8)11-6(3-9)4-10;1-2-4-6-5-3-1/h5-6H;1-5H/q-1;/p+1. The van der Waals surface area contributed by atoms with Gasteiger partial charge in [0.15, 0.2) is 12.4 Å². The molecule has 0 fully saturated rings. The van der Waals surface area contributed by atoms with Crippen LogP contribution in [0.3, 0.4) is 0 Å². The Labute approximate surface area is 99.0 Å². The van der Waals surface area contributed by atoms with E-state index in [2.05, 4.69) is 10.3 Å². The van der Waals surface area contributed by atoms with Crippen LogP contribution in [0.25, 0.3) is 5.32 Å². The summed E-state index contributed by atoms with van der Waals surface area (Å²) in [4.78, 5) is 2.89. The molecule has 0 amide bonds. The second-order valence-electron chi connectivity index (χ2n) is 2.55. The van der Waals surface area contributed by atoms with Gasteiger partial charge in [-0.3, -0.25) is 0 Å². The summed E-state index contributed by atoms with van der Waals surface area (Å²) in [7, 11) is 0. The Kier molecular flexibility index (Phi) is 7.96. The second-order valence-corrected chi connectivity index (χ2v) is 2.55. The lowest BCUT2D eigenvalue weighted by Gasteiger charge is -2.18. The number of pyridine rings is 1. The van der Waals surface area contributed by atoms with E-state index >= 15 is 0 Å². The summed E-state index contributed by atoms with van der Waals surface area (Å²) in [6, 6.07) is 9.50. The van der Waals surface area contributed by atoms with Gasteiger partial charge in [-0.15, -0.1) is 0 Å². The SMILES string of the molecule is N#CC(C#N)[N-]C(C#N)C#N.c1cc[nH+]cc1. The molecule has 1 rings (SSSR count). The van der Waals surface area contributed by atoms with Crippen LogP contribution in [0.4, 0.5) is 0 Å². The van der Waals surface area contributed by atoms with Crippen LogP contribution < -0.4 is 4.98 Å². The Bertz CT molecular complexity index is 385. The van der Waals surface area contributed by atoms with E-state index in [1.54, 1.807) is 0 Å². The number of nitriles is 4. The summed E-state index contributed by atoms with van der Waals surface area (Å²) in [5, 5.41) is 36.0. The van der Waals surface area contributed by atoms with Crippen LogP contribution in [0.1, 0.15) is 0 Å². The number of nitrogens with one attached hydrogen (secondary N) is 1. The Morgan fingerprint density at radius 3 is 1.35 bits per heavy atom. The predicted octanol–water partition coefficient (Wildman–Crippen LogP) is 0.692. The van der Waals surface area contributed by atoms with E-state index in [4.69, 9.17) is 21.0 Å². The maximum absolute atomic E-state index is 8.18. The number of hydrogen-bond acceptors (Lipinski definition) is 4. The van der Waals surface area contributed by atoms with E-state index in [0.29, 0.717) is 0 Å². The first-order chi connectivity index (χ1) is 8.28. The molecule has 6 nitrogen and oxygen atoms in total. The Hall–Kier alpha value is -2.93. The molecule has 1 heterocycles. The minimum absolute atomic E-state index is 1.22.